The molecule has 29 heavy (non-hydrogen) atoms. The van der Waals surface area contributed by atoms with E-state index in [1.54, 1.807) is 31.2 Å². The van der Waals surface area contributed by atoms with Gasteiger partial charge in [-0.05, 0) is 50.5 Å². The number of ether oxygens (including phenoxy) is 3. The molecule has 0 saturated carbocycles. The van der Waals surface area contributed by atoms with Crippen molar-refractivity contribution in [3.05, 3.63) is 29.8 Å². The minimum absolute atomic E-state index is 0.236. The van der Waals surface area contributed by atoms with Crippen molar-refractivity contribution in [2.45, 2.75) is 32.2 Å². The smallest absolute Gasteiger partial charge is 0.328 e. The highest BCUT2D eigenvalue weighted by Crippen LogP contribution is 2.18. The summed E-state index contributed by atoms with van der Waals surface area (Å²) in [4.78, 5) is 49.7. The van der Waals surface area contributed by atoms with Crippen LogP contribution in [0.1, 0.15) is 36.5 Å². The zero-order chi connectivity index (χ0) is 21.2. The molecule has 1 atom stereocenters. The summed E-state index contributed by atoms with van der Waals surface area (Å²) in [7, 11) is 1.52. The summed E-state index contributed by atoms with van der Waals surface area (Å²) in [6.45, 7) is 1.48. The summed E-state index contributed by atoms with van der Waals surface area (Å²) in [5.74, 6) is -1.49. The third-order valence-corrected chi connectivity index (χ3v) is 4.48. The van der Waals surface area contributed by atoms with Crippen molar-refractivity contribution < 1.29 is 33.4 Å². The molecule has 0 radical (unpaired) electrons. The highest BCUT2D eigenvalue weighted by atomic mass is 16.5. The number of rotatable bonds is 8. The summed E-state index contributed by atoms with van der Waals surface area (Å²) in [6.07, 6.45) is 2.12. The second-order valence-corrected chi connectivity index (χ2v) is 6.42. The lowest BCUT2D eigenvalue weighted by atomic mass is 10.0. The van der Waals surface area contributed by atoms with E-state index in [2.05, 4.69) is 5.32 Å². The molecule has 9 heteroatoms. The first-order chi connectivity index (χ1) is 14.0. The molecule has 1 aliphatic rings. The maximum Gasteiger partial charge on any atom is 0.328 e. The van der Waals surface area contributed by atoms with E-state index in [1.165, 1.54) is 12.0 Å². The van der Waals surface area contributed by atoms with E-state index in [4.69, 9.17) is 14.2 Å². The molecule has 0 unspecified atom stereocenters. The highest BCUT2D eigenvalue weighted by molar-refractivity contribution is 5.96. The number of benzene rings is 1. The van der Waals surface area contributed by atoms with Gasteiger partial charge in [0, 0.05) is 12.1 Å². The molecule has 0 spiro atoms. The van der Waals surface area contributed by atoms with Crippen molar-refractivity contribution >= 4 is 23.8 Å². The van der Waals surface area contributed by atoms with Crippen LogP contribution in [0, 0.1) is 0 Å². The van der Waals surface area contributed by atoms with E-state index in [1.807, 2.05) is 0 Å². The maximum atomic E-state index is 12.4. The summed E-state index contributed by atoms with van der Waals surface area (Å²) < 4.78 is 15.0. The van der Waals surface area contributed by atoms with Gasteiger partial charge in [-0.25, -0.2) is 4.79 Å². The van der Waals surface area contributed by atoms with Crippen LogP contribution in [0.5, 0.6) is 5.75 Å². The number of hydrogen-bond acceptors (Lipinski definition) is 7. The van der Waals surface area contributed by atoms with Gasteiger partial charge in [-0.2, -0.15) is 0 Å². The van der Waals surface area contributed by atoms with E-state index >= 15 is 0 Å². The van der Waals surface area contributed by atoms with Crippen LogP contribution in [0.15, 0.2) is 24.3 Å². The Kier molecular flexibility index (Phi) is 8.45. The molecule has 9 nitrogen and oxygen atoms in total. The van der Waals surface area contributed by atoms with Crippen LogP contribution in [0.2, 0.25) is 0 Å². The first kappa shape index (κ1) is 22.2. The van der Waals surface area contributed by atoms with Crippen LogP contribution >= 0.6 is 0 Å². The van der Waals surface area contributed by atoms with Crippen molar-refractivity contribution in [3.63, 3.8) is 0 Å². The number of nitrogens with one attached hydrogen (secondary N) is 1. The first-order valence-corrected chi connectivity index (χ1v) is 9.50. The Balaban J connectivity index is 1.79. The Morgan fingerprint density at radius 3 is 2.48 bits per heavy atom. The molecule has 0 aromatic heterocycles. The lowest BCUT2D eigenvalue weighted by Crippen LogP contribution is -2.50. The molecule has 1 aromatic carbocycles. The van der Waals surface area contributed by atoms with Crippen LogP contribution in [0.25, 0.3) is 0 Å². The highest BCUT2D eigenvalue weighted by Gasteiger charge is 2.33. The molecule has 1 aliphatic heterocycles. The molecular formula is C20H26N2O7. The largest absolute Gasteiger partial charge is 0.497 e. The van der Waals surface area contributed by atoms with E-state index < -0.39 is 36.4 Å². The maximum absolute atomic E-state index is 12.4. The Morgan fingerprint density at radius 2 is 1.83 bits per heavy atom. The molecule has 1 saturated heterocycles. The first-order valence-electron chi connectivity index (χ1n) is 9.50. The SMILES string of the molecule is CCOC(=O)[C@H]1CCCCN1C(=O)COC(=O)CNC(=O)c1ccc(OC)cc1. The predicted octanol–water partition coefficient (Wildman–Crippen LogP) is 0.912. The van der Waals surface area contributed by atoms with Crippen LogP contribution in [-0.4, -0.2) is 68.1 Å². The van der Waals surface area contributed by atoms with Crippen LogP contribution < -0.4 is 10.1 Å². The van der Waals surface area contributed by atoms with Crippen LogP contribution in [0.4, 0.5) is 0 Å². The zero-order valence-electron chi connectivity index (χ0n) is 16.6. The number of hydrogen-bond donors (Lipinski definition) is 1. The zero-order valence-corrected chi connectivity index (χ0v) is 16.6. The summed E-state index contributed by atoms with van der Waals surface area (Å²) in [5, 5.41) is 2.43. The second kappa shape index (κ2) is 11.0. The van der Waals surface area contributed by atoms with Gasteiger partial charge >= 0.3 is 11.9 Å². The van der Waals surface area contributed by atoms with Crippen molar-refractivity contribution in [3.8, 4) is 5.75 Å². The van der Waals surface area contributed by atoms with Gasteiger partial charge in [0.1, 0.15) is 18.3 Å². The van der Waals surface area contributed by atoms with Crippen molar-refractivity contribution in [1.82, 2.24) is 10.2 Å². The number of methoxy groups -OCH3 is 1. The van der Waals surface area contributed by atoms with Crippen LogP contribution in [0.3, 0.4) is 0 Å². The Hall–Kier alpha value is -3.10. The predicted molar refractivity (Wildman–Crippen MR) is 102 cm³/mol. The molecule has 2 rings (SSSR count). The molecule has 1 N–H and O–H groups in total. The average Bonchev–Trinajstić information content (AvgIpc) is 2.76. The fourth-order valence-corrected chi connectivity index (χ4v) is 2.99. The fourth-order valence-electron chi connectivity index (χ4n) is 2.99. The van der Waals surface area contributed by atoms with E-state index in [-0.39, 0.29) is 13.2 Å². The molecule has 2 amide bonds. The molecule has 1 aromatic rings. The van der Waals surface area contributed by atoms with Crippen molar-refractivity contribution in [2.24, 2.45) is 0 Å². The van der Waals surface area contributed by atoms with Crippen molar-refractivity contribution in [2.75, 3.05) is 33.4 Å². The normalized spacial score (nSPS) is 15.9. The van der Waals surface area contributed by atoms with Crippen LogP contribution in [-0.2, 0) is 23.9 Å². The number of piperidine rings is 1. The number of likely N-dealkylation sites (tertiary alicyclic amines) is 1. The van der Waals surface area contributed by atoms with Gasteiger partial charge in [0.05, 0.1) is 13.7 Å². The van der Waals surface area contributed by atoms with Crippen molar-refractivity contribution in [1.29, 1.82) is 0 Å². The second-order valence-electron chi connectivity index (χ2n) is 6.42. The lowest BCUT2D eigenvalue weighted by Gasteiger charge is -2.33. The minimum Gasteiger partial charge on any atom is -0.497 e. The number of esters is 2. The van der Waals surface area contributed by atoms with E-state index in [0.29, 0.717) is 24.3 Å². The number of carbonyl (C=O) groups excluding carboxylic acids is 4. The quantitative estimate of drug-likeness (QED) is 0.639. The van der Waals surface area contributed by atoms with Gasteiger partial charge in [0.15, 0.2) is 6.61 Å². The average molecular weight is 406 g/mol. The monoisotopic (exact) mass is 406 g/mol. The lowest BCUT2D eigenvalue weighted by molar-refractivity contribution is -0.160. The van der Waals surface area contributed by atoms with E-state index in [0.717, 1.165) is 12.8 Å². The van der Waals surface area contributed by atoms with Gasteiger partial charge in [-0.1, -0.05) is 0 Å². The third kappa shape index (κ3) is 6.48. The third-order valence-electron chi connectivity index (χ3n) is 4.48. The van der Waals surface area contributed by atoms with Gasteiger partial charge < -0.3 is 24.4 Å². The molecule has 158 valence electrons. The van der Waals surface area contributed by atoms with Gasteiger partial charge in [0.25, 0.3) is 11.8 Å². The van der Waals surface area contributed by atoms with Gasteiger partial charge in [-0.3, -0.25) is 14.4 Å². The minimum atomic E-state index is -0.745. The topological polar surface area (TPSA) is 111 Å². The summed E-state index contributed by atoms with van der Waals surface area (Å²) >= 11 is 0. The van der Waals surface area contributed by atoms with Gasteiger partial charge in [0.2, 0.25) is 0 Å². The molecular weight excluding hydrogens is 380 g/mol. The fraction of sp³-hybridized carbons (Fsp3) is 0.500. The Morgan fingerprint density at radius 1 is 1.10 bits per heavy atom. The summed E-state index contributed by atoms with van der Waals surface area (Å²) in [5.41, 5.74) is 0.361. The van der Waals surface area contributed by atoms with Gasteiger partial charge in [-0.15, -0.1) is 0 Å². The van der Waals surface area contributed by atoms with E-state index in [9.17, 15) is 19.2 Å². The Labute approximate surface area is 169 Å². The Bertz CT molecular complexity index is 733. The molecule has 0 bridgehead atoms. The summed E-state index contributed by atoms with van der Waals surface area (Å²) in [6, 6.07) is 5.74. The molecule has 1 fully saturated rings. The standard InChI is InChI=1S/C20H26N2O7/c1-3-28-20(26)16-6-4-5-11-22(16)17(23)13-29-18(24)12-21-19(25)14-7-9-15(27-2)10-8-14/h7-10,16H,3-6,11-13H2,1-2H3,(H,21,25)/t16-/m1/s1. The molecule has 1 heterocycles. The number of nitrogens with zero attached hydrogens (tertiary/aromatic N) is 1. The number of amides is 2. The number of carbonyl (C=O) groups is 4. The molecule has 0 aliphatic carbocycles.